The number of thioether (sulfide) groups is 1. The summed E-state index contributed by atoms with van der Waals surface area (Å²) in [5.41, 5.74) is 0.406. The Bertz CT molecular complexity index is 635. The lowest BCUT2D eigenvalue weighted by Gasteiger charge is -2.29. The third kappa shape index (κ3) is 5.77. The molecule has 7 heteroatoms. The van der Waals surface area contributed by atoms with Crippen LogP contribution in [0.25, 0.3) is 0 Å². The molecule has 2 atom stereocenters. The van der Waals surface area contributed by atoms with Gasteiger partial charge >= 0.3 is 12.0 Å². The summed E-state index contributed by atoms with van der Waals surface area (Å²) in [6.07, 6.45) is 6.10. The number of urea groups is 1. The quantitative estimate of drug-likeness (QED) is 0.620. The summed E-state index contributed by atoms with van der Waals surface area (Å²) in [6.45, 7) is 1.60. The number of imide groups is 1. The normalized spacial score (nSPS) is 19.8. The van der Waals surface area contributed by atoms with Crippen molar-refractivity contribution >= 4 is 29.7 Å². The SMILES string of the molecule is CSc1ccccc1C(=O)OCC(=O)NC(=O)N[C@@H]1CCCC[C@H]1C. The van der Waals surface area contributed by atoms with E-state index < -0.39 is 24.5 Å². The van der Waals surface area contributed by atoms with Crippen molar-refractivity contribution < 1.29 is 19.1 Å². The monoisotopic (exact) mass is 364 g/mol. The van der Waals surface area contributed by atoms with Gasteiger partial charge in [-0.2, -0.15) is 0 Å². The van der Waals surface area contributed by atoms with Crippen molar-refractivity contribution in [3.8, 4) is 0 Å². The Balaban J connectivity index is 1.78. The Morgan fingerprint density at radius 3 is 2.64 bits per heavy atom. The molecule has 0 bridgehead atoms. The number of amides is 3. The van der Waals surface area contributed by atoms with E-state index in [0.29, 0.717) is 11.5 Å². The molecule has 1 fully saturated rings. The molecule has 0 radical (unpaired) electrons. The second-order valence-corrected chi connectivity index (χ2v) is 7.01. The minimum Gasteiger partial charge on any atom is -0.452 e. The predicted molar refractivity (Wildman–Crippen MR) is 96.6 cm³/mol. The van der Waals surface area contributed by atoms with Gasteiger partial charge < -0.3 is 10.1 Å². The molecule has 0 unspecified atom stereocenters. The zero-order valence-electron chi connectivity index (χ0n) is 14.5. The highest BCUT2D eigenvalue weighted by atomic mass is 32.2. The molecular weight excluding hydrogens is 340 g/mol. The van der Waals surface area contributed by atoms with Crippen molar-refractivity contribution in [1.82, 2.24) is 10.6 Å². The van der Waals surface area contributed by atoms with Crippen molar-refractivity contribution in [3.05, 3.63) is 29.8 Å². The van der Waals surface area contributed by atoms with Gasteiger partial charge in [-0.25, -0.2) is 9.59 Å². The van der Waals surface area contributed by atoms with E-state index in [9.17, 15) is 14.4 Å². The highest BCUT2D eigenvalue weighted by Gasteiger charge is 2.23. The van der Waals surface area contributed by atoms with E-state index >= 15 is 0 Å². The molecule has 1 aromatic rings. The molecule has 25 heavy (non-hydrogen) atoms. The van der Waals surface area contributed by atoms with Gasteiger partial charge in [-0.3, -0.25) is 10.1 Å². The highest BCUT2D eigenvalue weighted by molar-refractivity contribution is 7.98. The van der Waals surface area contributed by atoms with Crippen molar-refractivity contribution in [2.24, 2.45) is 5.92 Å². The maximum absolute atomic E-state index is 12.1. The number of carbonyl (C=O) groups excluding carboxylic acids is 3. The fourth-order valence-electron chi connectivity index (χ4n) is 2.92. The van der Waals surface area contributed by atoms with Crippen LogP contribution in [0.3, 0.4) is 0 Å². The Kier molecular flexibility index (Phi) is 7.31. The van der Waals surface area contributed by atoms with Gasteiger partial charge in [0.2, 0.25) is 0 Å². The lowest BCUT2D eigenvalue weighted by Crippen LogP contribution is -2.48. The fraction of sp³-hybridized carbons (Fsp3) is 0.500. The van der Waals surface area contributed by atoms with Gasteiger partial charge in [0.05, 0.1) is 5.56 Å². The maximum atomic E-state index is 12.1. The van der Waals surface area contributed by atoms with E-state index in [-0.39, 0.29) is 6.04 Å². The predicted octanol–water partition coefficient (Wildman–Crippen LogP) is 2.97. The second kappa shape index (κ2) is 9.46. The first-order valence-corrected chi connectivity index (χ1v) is 9.64. The molecule has 1 aliphatic carbocycles. The van der Waals surface area contributed by atoms with Crippen LogP contribution in [0.1, 0.15) is 43.0 Å². The van der Waals surface area contributed by atoms with Gasteiger partial charge in [0.25, 0.3) is 5.91 Å². The average molecular weight is 364 g/mol. The van der Waals surface area contributed by atoms with Gasteiger partial charge in [0.1, 0.15) is 0 Å². The molecule has 0 aromatic heterocycles. The molecule has 0 aliphatic heterocycles. The molecule has 3 amide bonds. The van der Waals surface area contributed by atoms with Crippen molar-refractivity contribution in [3.63, 3.8) is 0 Å². The Morgan fingerprint density at radius 2 is 1.92 bits per heavy atom. The van der Waals surface area contributed by atoms with Gasteiger partial charge in [-0.15, -0.1) is 11.8 Å². The zero-order valence-corrected chi connectivity index (χ0v) is 15.4. The van der Waals surface area contributed by atoms with Crippen LogP contribution in [0.4, 0.5) is 4.79 Å². The lowest BCUT2D eigenvalue weighted by molar-refractivity contribution is -0.123. The molecule has 1 aromatic carbocycles. The number of hydrogen-bond donors (Lipinski definition) is 2. The Labute approximate surface area is 152 Å². The number of carbonyl (C=O) groups is 3. The first-order valence-electron chi connectivity index (χ1n) is 8.41. The number of nitrogens with one attached hydrogen (secondary N) is 2. The van der Waals surface area contributed by atoms with Crippen LogP contribution in [0.5, 0.6) is 0 Å². The molecule has 2 rings (SSSR count). The summed E-state index contributed by atoms with van der Waals surface area (Å²) in [4.78, 5) is 36.5. The topological polar surface area (TPSA) is 84.5 Å². The van der Waals surface area contributed by atoms with E-state index in [0.717, 1.165) is 24.2 Å². The fourth-order valence-corrected chi connectivity index (χ4v) is 3.51. The third-order valence-corrected chi connectivity index (χ3v) is 5.14. The summed E-state index contributed by atoms with van der Waals surface area (Å²) in [6, 6.07) is 6.55. The van der Waals surface area contributed by atoms with Crippen molar-refractivity contribution in [1.29, 1.82) is 0 Å². The Hall–Kier alpha value is -2.02. The number of benzene rings is 1. The zero-order chi connectivity index (χ0) is 18.2. The van der Waals surface area contributed by atoms with Gasteiger partial charge in [0, 0.05) is 10.9 Å². The third-order valence-electron chi connectivity index (χ3n) is 4.34. The molecule has 2 N–H and O–H groups in total. The minimum absolute atomic E-state index is 0.0811. The highest BCUT2D eigenvalue weighted by Crippen LogP contribution is 2.23. The van der Waals surface area contributed by atoms with Crippen LogP contribution in [0.2, 0.25) is 0 Å². The van der Waals surface area contributed by atoms with Crippen LogP contribution >= 0.6 is 11.8 Å². The average Bonchev–Trinajstić information content (AvgIpc) is 2.61. The molecule has 0 heterocycles. The standard InChI is InChI=1S/C18H24N2O4S/c1-12-7-3-5-9-14(12)19-18(23)20-16(21)11-24-17(22)13-8-4-6-10-15(13)25-2/h4,6,8,10,12,14H,3,5,7,9,11H2,1-2H3,(H2,19,20,21,23)/t12-,14-/m1/s1. The van der Waals surface area contributed by atoms with E-state index in [1.165, 1.54) is 18.2 Å². The maximum Gasteiger partial charge on any atom is 0.339 e. The largest absolute Gasteiger partial charge is 0.452 e. The number of esters is 1. The molecule has 1 aliphatic rings. The Morgan fingerprint density at radius 1 is 1.20 bits per heavy atom. The van der Waals surface area contributed by atoms with E-state index in [4.69, 9.17) is 4.74 Å². The van der Waals surface area contributed by atoms with E-state index in [1.54, 1.807) is 18.2 Å². The van der Waals surface area contributed by atoms with Crippen LogP contribution < -0.4 is 10.6 Å². The second-order valence-electron chi connectivity index (χ2n) is 6.17. The van der Waals surface area contributed by atoms with Crippen LogP contribution in [0.15, 0.2) is 29.2 Å². The van der Waals surface area contributed by atoms with Gasteiger partial charge in [0.15, 0.2) is 6.61 Å². The number of ether oxygens (including phenoxy) is 1. The summed E-state index contributed by atoms with van der Waals surface area (Å²) in [5, 5.41) is 5.03. The summed E-state index contributed by atoms with van der Waals surface area (Å²) in [7, 11) is 0. The molecule has 1 saturated carbocycles. The molecule has 136 valence electrons. The van der Waals surface area contributed by atoms with Crippen LogP contribution in [-0.2, 0) is 9.53 Å². The minimum atomic E-state index is -0.643. The van der Waals surface area contributed by atoms with Crippen LogP contribution in [0, 0.1) is 5.92 Å². The number of rotatable bonds is 5. The molecule has 6 nitrogen and oxygen atoms in total. The van der Waals surface area contributed by atoms with Crippen molar-refractivity contribution in [2.45, 2.75) is 43.5 Å². The van der Waals surface area contributed by atoms with Gasteiger partial charge in [-0.05, 0) is 37.1 Å². The van der Waals surface area contributed by atoms with E-state index in [2.05, 4.69) is 17.6 Å². The summed E-state index contributed by atoms with van der Waals surface area (Å²) in [5.74, 6) is -0.826. The lowest BCUT2D eigenvalue weighted by atomic mass is 9.86. The first-order chi connectivity index (χ1) is 12.0. The first kappa shape index (κ1) is 19.3. The van der Waals surface area contributed by atoms with Gasteiger partial charge in [-0.1, -0.05) is 31.9 Å². The van der Waals surface area contributed by atoms with E-state index in [1.807, 2.05) is 12.3 Å². The molecular formula is C18H24N2O4S. The molecule has 0 spiro atoms. The number of hydrogen-bond acceptors (Lipinski definition) is 5. The smallest absolute Gasteiger partial charge is 0.339 e. The van der Waals surface area contributed by atoms with Crippen LogP contribution in [-0.4, -0.2) is 36.8 Å². The van der Waals surface area contributed by atoms with Crippen molar-refractivity contribution in [2.75, 3.05) is 12.9 Å². The summed E-state index contributed by atoms with van der Waals surface area (Å²) >= 11 is 1.42. The summed E-state index contributed by atoms with van der Waals surface area (Å²) < 4.78 is 5.00. The molecule has 0 saturated heterocycles.